The van der Waals surface area contributed by atoms with E-state index in [4.69, 9.17) is 39.2 Å². The van der Waals surface area contributed by atoms with Crippen molar-refractivity contribution in [2.24, 2.45) is 5.10 Å². The lowest BCUT2D eigenvalue weighted by Crippen LogP contribution is -2.17. The van der Waals surface area contributed by atoms with Crippen LogP contribution >= 0.6 is 34.8 Å². The van der Waals surface area contributed by atoms with Gasteiger partial charge in [0, 0.05) is 22.7 Å². The number of benzene rings is 2. The second-order valence-corrected chi connectivity index (χ2v) is 6.70. The van der Waals surface area contributed by atoms with Gasteiger partial charge in [-0.2, -0.15) is 5.10 Å². The van der Waals surface area contributed by atoms with Crippen LogP contribution in [0.25, 0.3) is 11.3 Å². The lowest BCUT2D eigenvalue weighted by atomic mass is 10.1. The molecular formula is C18H10Cl3N3O4. The minimum atomic E-state index is -0.536. The Bertz CT molecular complexity index is 1100. The third-order valence-corrected chi connectivity index (χ3v) is 4.45. The number of nitro benzene ring substituents is 1. The van der Waals surface area contributed by atoms with Crippen LogP contribution in [0.15, 0.2) is 58.0 Å². The van der Waals surface area contributed by atoms with Gasteiger partial charge in [-0.05, 0) is 36.4 Å². The van der Waals surface area contributed by atoms with Crippen LogP contribution in [0, 0.1) is 10.1 Å². The molecule has 0 spiro atoms. The van der Waals surface area contributed by atoms with Gasteiger partial charge in [-0.15, -0.1) is 0 Å². The van der Waals surface area contributed by atoms with Crippen molar-refractivity contribution in [2.45, 2.75) is 0 Å². The largest absolute Gasteiger partial charge is 0.455 e. The maximum atomic E-state index is 12.1. The highest BCUT2D eigenvalue weighted by Gasteiger charge is 2.13. The van der Waals surface area contributed by atoms with Gasteiger partial charge < -0.3 is 4.42 Å². The van der Waals surface area contributed by atoms with E-state index in [0.29, 0.717) is 22.1 Å². The zero-order chi connectivity index (χ0) is 20.3. The first kappa shape index (κ1) is 19.9. The van der Waals surface area contributed by atoms with Crippen molar-refractivity contribution in [3.05, 3.63) is 85.0 Å². The molecule has 1 amide bonds. The summed E-state index contributed by atoms with van der Waals surface area (Å²) < 4.78 is 5.58. The van der Waals surface area contributed by atoms with Gasteiger partial charge in [0.25, 0.3) is 11.6 Å². The maximum Gasteiger partial charge on any atom is 0.272 e. The Morgan fingerprint density at radius 3 is 2.54 bits per heavy atom. The normalized spacial score (nSPS) is 11.0. The highest BCUT2D eigenvalue weighted by atomic mass is 35.5. The third-order valence-electron chi connectivity index (χ3n) is 3.59. The molecule has 0 aliphatic rings. The molecule has 142 valence electrons. The molecule has 0 aliphatic carbocycles. The van der Waals surface area contributed by atoms with Crippen LogP contribution in [0.3, 0.4) is 0 Å². The first-order valence-corrected chi connectivity index (χ1v) is 8.81. The van der Waals surface area contributed by atoms with Gasteiger partial charge in [-0.1, -0.05) is 34.8 Å². The lowest BCUT2D eigenvalue weighted by molar-refractivity contribution is -0.384. The van der Waals surface area contributed by atoms with Crippen LogP contribution < -0.4 is 5.43 Å². The molecule has 1 aromatic heterocycles. The van der Waals surface area contributed by atoms with Gasteiger partial charge in [0.15, 0.2) is 0 Å². The number of nitrogens with zero attached hydrogens (tertiary/aromatic N) is 2. The molecule has 0 atom stereocenters. The van der Waals surface area contributed by atoms with Crippen LogP contribution in [-0.2, 0) is 0 Å². The fourth-order valence-electron chi connectivity index (χ4n) is 2.27. The van der Waals surface area contributed by atoms with Crippen LogP contribution in [-0.4, -0.2) is 17.0 Å². The number of hydrogen-bond donors (Lipinski definition) is 1. The number of rotatable bonds is 5. The Morgan fingerprint density at radius 1 is 1.07 bits per heavy atom. The highest BCUT2D eigenvalue weighted by Crippen LogP contribution is 2.32. The van der Waals surface area contributed by atoms with Crippen LogP contribution in [0.2, 0.25) is 15.1 Å². The minimum Gasteiger partial charge on any atom is -0.455 e. The number of nitrogens with one attached hydrogen (secondary N) is 1. The van der Waals surface area contributed by atoms with Crippen molar-refractivity contribution in [3.8, 4) is 11.3 Å². The van der Waals surface area contributed by atoms with Gasteiger partial charge in [0.05, 0.1) is 26.7 Å². The maximum absolute atomic E-state index is 12.1. The molecule has 0 bridgehead atoms. The number of carbonyl (C=O) groups is 1. The molecule has 1 heterocycles. The summed E-state index contributed by atoms with van der Waals surface area (Å²) in [5.41, 5.74) is 2.92. The summed E-state index contributed by atoms with van der Waals surface area (Å²) in [5, 5.41) is 15.4. The van der Waals surface area contributed by atoms with Crippen molar-refractivity contribution >= 4 is 52.6 Å². The molecule has 3 rings (SSSR count). The summed E-state index contributed by atoms with van der Waals surface area (Å²) >= 11 is 17.8. The zero-order valence-corrected chi connectivity index (χ0v) is 16.1. The lowest BCUT2D eigenvalue weighted by Gasteiger charge is -2.02. The van der Waals surface area contributed by atoms with E-state index >= 15 is 0 Å². The average Bonchev–Trinajstić information content (AvgIpc) is 3.10. The summed E-state index contributed by atoms with van der Waals surface area (Å²) in [6.45, 7) is 0. The van der Waals surface area contributed by atoms with E-state index in [9.17, 15) is 14.9 Å². The smallest absolute Gasteiger partial charge is 0.272 e. The fourth-order valence-corrected chi connectivity index (χ4v) is 3.03. The first-order valence-electron chi connectivity index (χ1n) is 7.68. The minimum absolute atomic E-state index is 0.120. The van der Waals surface area contributed by atoms with E-state index in [2.05, 4.69) is 10.5 Å². The molecule has 2 aromatic carbocycles. The first-order chi connectivity index (χ1) is 13.3. The second kappa shape index (κ2) is 8.43. The van der Waals surface area contributed by atoms with Gasteiger partial charge in [-0.3, -0.25) is 14.9 Å². The van der Waals surface area contributed by atoms with Gasteiger partial charge >= 0.3 is 0 Å². The van der Waals surface area contributed by atoms with E-state index in [-0.39, 0.29) is 21.3 Å². The summed E-state index contributed by atoms with van der Waals surface area (Å²) in [6, 6.07) is 11.8. The molecule has 0 fully saturated rings. The average molecular weight is 439 g/mol. The second-order valence-electron chi connectivity index (χ2n) is 5.45. The Kier molecular flexibility index (Phi) is 5.99. The number of amides is 1. The molecule has 0 saturated carbocycles. The zero-order valence-electron chi connectivity index (χ0n) is 13.9. The molecule has 28 heavy (non-hydrogen) atoms. The Labute approximate surface area is 173 Å². The van der Waals surface area contributed by atoms with Gasteiger partial charge in [-0.25, -0.2) is 5.43 Å². The quantitative estimate of drug-likeness (QED) is 0.319. The molecule has 0 saturated heterocycles. The standard InChI is InChI=1S/C18H10Cl3N3O4/c19-10-1-4-14(15(20)7-10)18(25)23-22-9-12-3-6-17(28-12)13-5-2-11(24(26)27)8-16(13)21/h1-9H,(H,23,25)/b22-9-. The van der Waals surface area contributed by atoms with Crippen LogP contribution in [0.1, 0.15) is 16.1 Å². The molecule has 0 radical (unpaired) electrons. The Morgan fingerprint density at radius 2 is 1.86 bits per heavy atom. The number of non-ortho nitro benzene ring substituents is 1. The molecule has 10 heteroatoms. The van der Waals surface area contributed by atoms with Crippen molar-refractivity contribution in [3.63, 3.8) is 0 Å². The molecule has 3 aromatic rings. The molecule has 0 unspecified atom stereocenters. The van der Waals surface area contributed by atoms with E-state index < -0.39 is 10.8 Å². The van der Waals surface area contributed by atoms with E-state index in [1.165, 1.54) is 36.5 Å². The molecule has 0 aliphatic heterocycles. The summed E-state index contributed by atoms with van der Waals surface area (Å²) in [5.74, 6) is 0.225. The number of hydrazone groups is 1. The fraction of sp³-hybridized carbons (Fsp3) is 0. The van der Waals surface area contributed by atoms with Crippen molar-refractivity contribution in [1.29, 1.82) is 0 Å². The molecular weight excluding hydrogens is 429 g/mol. The van der Waals surface area contributed by atoms with Crippen molar-refractivity contribution in [2.75, 3.05) is 0 Å². The summed E-state index contributed by atoms with van der Waals surface area (Å²) in [6.07, 6.45) is 1.30. The van der Waals surface area contributed by atoms with Crippen LogP contribution in [0.5, 0.6) is 0 Å². The number of nitro groups is 1. The topological polar surface area (TPSA) is 97.7 Å². The Balaban J connectivity index is 1.71. The highest BCUT2D eigenvalue weighted by molar-refractivity contribution is 6.36. The number of furan rings is 1. The third kappa shape index (κ3) is 4.51. The van der Waals surface area contributed by atoms with Gasteiger partial charge in [0.2, 0.25) is 0 Å². The van der Waals surface area contributed by atoms with Crippen LogP contribution in [0.4, 0.5) is 5.69 Å². The van der Waals surface area contributed by atoms with Crippen molar-refractivity contribution in [1.82, 2.24) is 5.43 Å². The van der Waals surface area contributed by atoms with E-state index in [1.54, 1.807) is 18.2 Å². The predicted molar refractivity (Wildman–Crippen MR) is 107 cm³/mol. The molecule has 1 N–H and O–H groups in total. The van der Waals surface area contributed by atoms with E-state index in [0.717, 1.165) is 0 Å². The Hall–Kier alpha value is -2.87. The number of hydrogen-bond acceptors (Lipinski definition) is 5. The molecule has 7 nitrogen and oxygen atoms in total. The summed E-state index contributed by atoms with van der Waals surface area (Å²) in [4.78, 5) is 22.3. The summed E-state index contributed by atoms with van der Waals surface area (Å²) in [7, 11) is 0. The number of carbonyl (C=O) groups excluding carboxylic acids is 1. The monoisotopic (exact) mass is 437 g/mol. The van der Waals surface area contributed by atoms with Gasteiger partial charge in [0.1, 0.15) is 11.5 Å². The van der Waals surface area contributed by atoms with E-state index in [1.807, 2.05) is 0 Å². The number of halogens is 3. The van der Waals surface area contributed by atoms with Crippen molar-refractivity contribution < 1.29 is 14.1 Å². The predicted octanol–water partition coefficient (Wildman–Crippen LogP) is 5.58. The SMILES string of the molecule is O=C(N/N=C\c1ccc(-c2ccc([N+](=O)[O-])cc2Cl)o1)c1ccc(Cl)cc1Cl.